The lowest BCUT2D eigenvalue weighted by Crippen LogP contribution is -2.09. The van der Waals surface area contributed by atoms with Crippen LogP contribution in [0.5, 0.6) is 0 Å². The van der Waals surface area contributed by atoms with Crippen molar-refractivity contribution >= 4 is 0 Å². The highest BCUT2D eigenvalue weighted by Crippen LogP contribution is 2.18. The molecule has 0 aliphatic rings. The molecule has 1 rings (SSSR count). The van der Waals surface area contributed by atoms with Crippen LogP contribution in [0.25, 0.3) is 0 Å². The van der Waals surface area contributed by atoms with Gasteiger partial charge in [0.2, 0.25) is 6.29 Å². The van der Waals surface area contributed by atoms with Crippen molar-refractivity contribution in [2.24, 2.45) is 0 Å². The molecule has 1 atom stereocenters. The number of hydrogen-bond acceptors (Lipinski definition) is 4. The Morgan fingerprint density at radius 1 is 1.24 bits per heavy atom. The molecule has 1 aromatic heterocycles. The van der Waals surface area contributed by atoms with Crippen LogP contribution in [0.4, 0.5) is 0 Å². The zero-order valence-corrected chi connectivity index (χ0v) is 11.2. The summed E-state index contributed by atoms with van der Waals surface area (Å²) in [6.45, 7) is 9.38. The topological polar surface area (TPSA) is 49.2 Å². The van der Waals surface area contributed by atoms with Crippen molar-refractivity contribution < 1.29 is 9.47 Å². The summed E-state index contributed by atoms with van der Waals surface area (Å²) in [5.74, 6) is 0. The molecule has 0 aliphatic carbocycles. The molecule has 1 aromatic rings. The summed E-state index contributed by atoms with van der Waals surface area (Å²) < 4.78 is 12.8. The predicted molar refractivity (Wildman–Crippen MR) is 65.6 cm³/mol. The van der Waals surface area contributed by atoms with Crippen LogP contribution in [0.15, 0.2) is 6.20 Å². The summed E-state index contributed by atoms with van der Waals surface area (Å²) in [6.07, 6.45) is 3.75. The van der Waals surface area contributed by atoms with Crippen molar-refractivity contribution in [2.45, 2.75) is 52.9 Å². The van der Waals surface area contributed by atoms with Crippen LogP contribution in [-0.2, 0) is 9.47 Å². The summed E-state index contributed by atoms with van der Waals surface area (Å²) >= 11 is 0. The Labute approximate surface area is 103 Å². The van der Waals surface area contributed by atoms with Crippen molar-refractivity contribution in [3.05, 3.63) is 11.9 Å². The van der Waals surface area contributed by atoms with Gasteiger partial charge in [0.05, 0.1) is 12.2 Å². The van der Waals surface area contributed by atoms with E-state index in [1.165, 1.54) is 0 Å². The summed E-state index contributed by atoms with van der Waals surface area (Å²) in [5.41, 5.74) is 0.747. The van der Waals surface area contributed by atoms with Gasteiger partial charge < -0.3 is 9.47 Å². The number of rotatable bonds is 8. The summed E-state index contributed by atoms with van der Waals surface area (Å²) in [5, 5.41) is 8.25. The van der Waals surface area contributed by atoms with Gasteiger partial charge in [-0.25, -0.2) is 4.68 Å². The van der Waals surface area contributed by atoms with Crippen LogP contribution in [0.1, 0.15) is 58.6 Å². The molecule has 0 radical (unpaired) electrons. The number of nitrogens with zero attached hydrogens (tertiary/aromatic N) is 3. The molecule has 0 N–H and O–H groups in total. The molecule has 0 aliphatic heterocycles. The molecular formula is C12H23N3O2. The van der Waals surface area contributed by atoms with Gasteiger partial charge >= 0.3 is 0 Å². The molecule has 0 fully saturated rings. The molecule has 0 aromatic carbocycles. The van der Waals surface area contributed by atoms with Gasteiger partial charge in [-0.15, -0.1) is 5.10 Å². The summed E-state index contributed by atoms with van der Waals surface area (Å²) in [7, 11) is 0. The molecule has 0 bridgehead atoms. The Kier molecular flexibility index (Phi) is 6.15. The second-order valence-electron chi connectivity index (χ2n) is 4.00. The molecule has 17 heavy (non-hydrogen) atoms. The van der Waals surface area contributed by atoms with Gasteiger partial charge in [0.15, 0.2) is 0 Å². The van der Waals surface area contributed by atoms with E-state index in [-0.39, 0.29) is 0 Å². The number of hydrogen-bond donors (Lipinski definition) is 0. The third-order valence-electron chi connectivity index (χ3n) is 2.56. The molecule has 5 nitrogen and oxygen atoms in total. The van der Waals surface area contributed by atoms with E-state index in [4.69, 9.17) is 9.47 Å². The molecule has 0 amide bonds. The fraction of sp³-hybridized carbons (Fsp3) is 0.833. The van der Waals surface area contributed by atoms with Crippen molar-refractivity contribution in [3.8, 4) is 0 Å². The van der Waals surface area contributed by atoms with E-state index in [0.717, 1.165) is 18.5 Å². The summed E-state index contributed by atoms with van der Waals surface area (Å²) in [6, 6.07) is 0.366. The highest BCUT2D eigenvalue weighted by molar-refractivity contribution is 4.95. The Hall–Kier alpha value is -0.940. The first-order valence-corrected chi connectivity index (χ1v) is 6.37. The third-order valence-corrected chi connectivity index (χ3v) is 2.56. The number of ether oxygens (including phenoxy) is 2. The van der Waals surface area contributed by atoms with Gasteiger partial charge in [-0.2, -0.15) is 0 Å². The fourth-order valence-electron chi connectivity index (χ4n) is 1.69. The average Bonchev–Trinajstić information content (AvgIpc) is 2.78. The zero-order chi connectivity index (χ0) is 12.7. The Balaban J connectivity index is 2.69. The Morgan fingerprint density at radius 3 is 2.41 bits per heavy atom. The molecule has 5 heteroatoms. The molecule has 1 heterocycles. The van der Waals surface area contributed by atoms with Crippen molar-refractivity contribution in [2.75, 3.05) is 13.2 Å². The maximum atomic E-state index is 5.48. The monoisotopic (exact) mass is 241 g/mol. The second-order valence-corrected chi connectivity index (χ2v) is 4.00. The van der Waals surface area contributed by atoms with Gasteiger partial charge in [0.1, 0.15) is 5.69 Å². The zero-order valence-electron chi connectivity index (χ0n) is 11.2. The van der Waals surface area contributed by atoms with E-state index in [0.29, 0.717) is 19.3 Å². The van der Waals surface area contributed by atoms with Crippen molar-refractivity contribution in [1.29, 1.82) is 0 Å². The van der Waals surface area contributed by atoms with E-state index in [1.54, 1.807) is 0 Å². The first-order chi connectivity index (χ1) is 8.22. The minimum atomic E-state index is -0.396. The Bertz CT molecular complexity index is 308. The molecule has 0 spiro atoms. The quantitative estimate of drug-likeness (QED) is 0.657. The molecule has 1 unspecified atom stereocenters. The van der Waals surface area contributed by atoms with E-state index in [1.807, 2.05) is 24.7 Å². The maximum Gasteiger partial charge on any atom is 0.204 e. The molecule has 98 valence electrons. The molecular weight excluding hydrogens is 218 g/mol. The normalized spacial score (nSPS) is 13.2. The standard InChI is InChI=1S/C12H23N3O2/c1-5-8-10(4)15-9-11(13-14-15)12(16-6-2)17-7-3/h9-10,12H,5-8H2,1-4H3. The first-order valence-electron chi connectivity index (χ1n) is 6.37. The van der Waals surface area contributed by atoms with E-state index in [9.17, 15) is 0 Å². The van der Waals surface area contributed by atoms with Crippen molar-refractivity contribution in [1.82, 2.24) is 15.0 Å². The lowest BCUT2D eigenvalue weighted by atomic mass is 10.2. The van der Waals surface area contributed by atoms with Crippen LogP contribution >= 0.6 is 0 Å². The first kappa shape index (κ1) is 14.1. The van der Waals surface area contributed by atoms with Gasteiger partial charge in [-0.3, -0.25) is 0 Å². The maximum absolute atomic E-state index is 5.48. The van der Waals surface area contributed by atoms with E-state index < -0.39 is 6.29 Å². The van der Waals surface area contributed by atoms with Crippen LogP contribution in [-0.4, -0.2) is 28.2 Å². The van der Waals surface area contributed by atoms with E-state index in [2.05, 4.69) is 24.2 Å². The smallest absolute Gasteiger partial charge is 0.204 e. The second kappa shape index (κ2) is 7.40. The lowest BCUT2D eigenvalue weighted by molar-refractivity contribution is -0.142. The molecule has 0 saturated heterocycles. The average molecular weight is 241 g/mol. The van der Waals surface area contributed by atoms with Gasteiger partial charge in [-0.05, 0) is 27.2 Å². The minimum Gasteiger partial charge on any atom is -0.347 e. The van der Waals surface area contributed by atoms with Crippen molar-refractivity contribution in [3.63, 3.8) is 0 Å². The van der Waals surface area contributed by atoms with Crippen LogP contribution in [0.3, 0.4) is 0 Å². The van der Waals surface area contributed by atoms with E-state index >= 15 is 0 Å². The van der Waals surface area contributed by atoms with Gasteiger partial charge in [0.25, 0.3) is 0 Å². The highest BCUT2D eigenvalue weighted by Gasteiger charge is 2.17. The van der Waals surface area contributed by atoms with Crippen LogP contribution in [0.2, 0.25) is 0 Å². The van der Waals surface area contributed by atoms with Crippen LogP contribution in [0, 0.1) is 0 Å². The largest absolute Gasteiger partial charge is 0.347 e. The minimum absolute atomic E-state index is 0.366. The summed E-state index contributed by atoms with van der Waals surface area (Å²) in [4.78, 5) is 0. The predicted octanol–water partition coefficient (Wildman–Crippen LogP) is 2.71. The lowest BCUT2D eigenvalue weighted by Gasteiger charge is -2.13. The molecule has 0 saturated carbocycles. The fourth-order valence-corrected chi connectivity index (χ4v) is 1.69. The van der Waals surface area contributed by atoms with Gasteiger partial charge in [-0.1, -0.05) is 18.6 Å². The SMILES string of the molecule is CCCC(C)n1cc(C(OCC)OCC)nn1. The van der Waals surface area contributed by atoms with Crippen LogP contribution < -0.4 is 0 Å². The highest BCUT2D eigenvalue weighted by atomic mass is 16.7. The third kappa shape index (κ3) is 4.09. The number of aromatic nitrogens is 3. The Morgan fingerprint density at radius 2 is 1.88 bits per heavy atom. The van der Waals surface area contributed by atoms with Gasteiger partial charge in [0, 0.05) is 13.2 Å².